The normalized spacial score (nSPS) is 15.2. The van der Waals surface area contributed by atoms with E-state index >= 15 is 0 Å². The first kappa shape index (κ1) is 18.5. The first-order valence-electron chi connectivity index (χ1n) is 8.50. The number of rotatable bonds is 5. The Bertz CT molecular complexity index is 1060. The second-order valence-electron chi connectivity index (χ2n) is 5.99. The zero-order chi connectivity index (χ0) is 19.5. The summed E-state index contributed by atoms with van der Waals surface area (Å²) in [6.07, 6.45) is 1.64. The highest BCUT2D eigenvalue weighted by Crippen LogP contribution is 2.26. The van der Waals surface area contributed by atoms with Crippen molar-refractivity contribution in [2.45, 2.75) is 6.61 Å². The van der Waals surface area contributed by atoms with Crippen LogP contribution in [0.2, 0.25) is 0 Å². The minimum atomic E-state index is -0.224. The fraction of sp³-hybridized carbons (Fsp3) is 0.0476. The molecule has 2 aromatic carbocycles. The van der Waals surface area contributed by atoms with Crippen molar-refractivity contribution in [3.63, 3.8) is 0 Å². The van der Waals surface area contributed by atoms with Crippen molar-refractivity contribution in [1.82, 2.24) is 5.32 Å². The standard InChI is InChI=1S/C21H15BrN2O3S/c22-17-8-4-5-9-19(17)26-13-16-11-10-15(27-16)12-18-20(25)24(21(28)23-18)14-6-2-1-3-7-14/h1-12H,13H2,(H,23,28)/b18-12+. The van der Waals surface area contributed by atoms with Crippen LogP contribution >= 0.6 is 28.1 Å². The highest BCUT2D eigenvalue weighted by molar-refractivity contribution is 9.10. The van der Waals surface area contributed by atoms with Crippen molar-refractivity contribution >= 4 is 50.9 Å². The number of nitrogens with zero attached hydrogens (tertiary/aromatic N) is 1. The van der Waals surface area contributed by atoms with Gasteiger partial charge in [-0.2, -0.15) is 0 Å². The third kappa shape index (κ3) is 3.85. The van der Waals surface area contributed by atoms with Crippen molar-refractivity contribution < 1.29 is 13.9 Å². The van der Waals surface area contributed by atoms with Crippen LogP contribution in [0.15, 0.2) is 81.3 Å². The number of nitrogens with one attached hydrogen (secondary N) is 1. The van der Waals surface area contributed by atoms with E-state index in [1.165, 1.54) is 4.90 Å². The lowest BCUT2D eigenvalue weighted by atomic mass is 10.3. The Hall–Kier alpha value is -2.90. The van der Waals surface area contributed by atoms with Crippen LogP contribution in [0.3, 0.4) is 0 Å². The van der Waals surface area contributed by atoms with Crippen LogP contribution in [-0.2, 0) is 11.4 Å². The lowest BCUT2D eigenvalue weighted by Crippen LogP contribution is -2.30. The van der Waals surface area contributed by atoms with Crippen molar-refractivity contribution in [3.05, 3.63) is 88.4 Å². The van der Waals surface area contributed by atoms with Crippen LogP contribution in [0.1, 0.15) is 11.5 Å². The Morgan fingerprint density at radius 1 is 1.07 bits per heavy atom. The molecule has 7 heteroatoms. The topological polar surface area (TPSA) is 54.7 Å². The summed E-state index contributed by atoms with van der Waals surface area (Å²) in [7, 11) is 0. The molecule has 3 aromatic rings. The Labute approximate surface area is 175 Å². The molecule has 0 spiro atoms. The molecule has 1 amide bonds. The van der Waals surface area contributed by atoms with Gasteiger partial charge in [-0.05, 0) is 64.5 Å². The second kappa shape index (κ2) is 8.00. The predicted molar refractivity (Wildman–Crippen MR) is 115 cm³/mol. The molecule has 0 radical (unpaired) electrons. The monoisotopic (exact) mass is 454 g/mol. The van der Waals surface area contributed by atoms with E-state index in [-0.39, 0.29) is 12.5 Å². The molecule has 2 heterocycles. The molecule has 5 nitrogen and oxygen atoms in total. The van der Waals surface area contributed by atoms with E-state index in [4.69, 9.17) is 21.4 Å². The van der Waals surface area contributed by atoms with Crippen LogP contribution in [0, 0.1) is 0 Å². The highest BCUT2D eigenvalue weighted by Gasteiger charge is 2.32. The maximum absolute atomic E-state index is 12.7. The number of para-hydroxylation sites is 2. The average molecular weight is 455 g/mol. The fourth-order valence-corrected chi connectivity index (χ4v) is 3.45. The number of ether oxygens (including phenoxy) is 1. The maximum atomic E-state index is 12.7. The Balaban J connectivity index is 1.47. The van der Waals surface area contributed by atoms with Gasteiger partial charge in [0.1, 0.15) is 29.6 Å². The van der Waals surface area contributed by atoms with Gasteiger partial charge < -0.3 is 14.5 Å². The maximum Gasteiger partial charge on any atom is 0.281 e. The van der Waals surface area contributed by atoms with E-state index in [1.54, 1.807) is 12.1 Å². The van der Waals surface area contributed by atoms with Crippen LogP contribution < -0.4 is 15.0 Å². The number of hydrogen-bond donors (Lipinski definition) is 1. The molecule has 0 unspecified atom stereocenters. The number of thiocarbonyl (C=S) groups is 1. The molecule has 140 valence electrons. The van der Waals surface area contributed by atoms with Crippen LogP contribution in [0.25, 0.3) is 6.08 Å². The lowest BCUT2D eigenvalue weighted by molar-refractivity contribution is -0.113. The number of furan rings is 1. The molecule has 1 fully saturated rings. The minimum Gasteiger partial charge on any atom is -0.484 e. The van der Waals surface area contributed by atoms with Gasteiger partial charge >= 0.3 is 0 Å². The summed E-state index contributed by atoms with van der Waals surface area (Å²) in [5.41, 5.74) is 1.08. The molecule has 4 rings (SSSR count). The molecule has 0 bridgehead atoms. The third-order valence-electron chi connectivity index (χ3n) is 4.07. The van der Waals surface area contributed by atoms with Crippen LogP contribution in [0.4, 0.5) is 5.69 Å². The Morgan fingerprint density at radius 2 is 1.82 bits per heavy atom. The molecular weight excluding hydrogens is 440 g/mol. The molecule has 0 aliphatic carbocycles. The summed E-state index contributed by atoms with van der Waals surface area (Å²) < 4.78 is 12.4. The van der Waals surface area contributed by atoms with Gasteiger partial charge in [0.2, 0.25) is 0 Å². The van der Waals surface area contributed by atoms with Gasteiger partial charge in [0.05, 0.1) is 10.2 Å². The first-order valence-corrected chi connectivity index (χ1v) is 9.70. The molecule has 1 aromatic heterocycles. The Kier molecular flexibility index (Phi) is 5.27. The molecule has 1 N–H and O–H groups in total. The highest BCUT2D eigenvalue weighted by atomic mass is 79.9. The summed E-state index contributed by atoms with van der Waals surface area (Å²) in [5, 5.41) is 3.29. The SMILES string of the molecule is O=C1/C(=C\c2ccc(COc3ccccc3Br)o2)NC(=S)N1c1ccccc1. The van der Waals surface area contributed by atoms with Crippen molar-refractivity contribution in [2.75, 3.05) is 4.90 Å². The predicted octanol–water partition coefficient (Wildman–Crippen LogP) is 4.88. The summed E-state index contributed by atoms with van der Waals surface area (Å²) in [6.45, 7) is 0.279. The van der Waals surface area contributed by atoms with Gasteiger partial charge in [-0.1, -0.05) is 30.3 Å². The van der Waals surface area contributed by atoms with E-state index in [2.05, 4.69) is 21.2 Å². The average Bonchev–Trinajstić information content (AvgIpc) is 3.26. The number of amides is 1. The number of benzene rings is 2. The van der Waals surface area contributed by atoms with Gasteiger partial charge in [-0.25, -0.2) is 0 Å². The summed E-state index contributed by atoms with van der Waals surface area (Å²) in [4.78, 5) is 14.2. The van der Waals surface area contributed by atoms with Gasteiger partial charge in [0, 0.05) is 6.08 Å². The summed E-state index contributed by atoms with van der Waals surface area (Å²) in [5.74, 6) is 1.70. The van der Waals surface area contributed by atoms with Crippen LogP contribution in [0.5, 0.6) is 5.75 Å². The smallest absolute Gasteiger partial charge is 0.281 e. The zero-order valence-corrected chi connectivity index (χ0v) is 17.0. The first-order chi connectivity index (χ1) is 13.6. The third-order valence-corrected chi connectivity index (χ3v) is 5.01. The molecular formula is C21H15BrN2O3S. The number of anilines is 1. The van der Waals surface area contributed by atoms with Gasteiger partial charge in [0.15, 0.2) is 5.11 Å². The fourth-order valence-electron chi connectivity index (χ4n) is 2.75. The summed E-state index contributed by atoms with van der Waals surface area (Å²) >= 11 is 8.75. The van der Waals surface area contributed by atoms with Crippen molar-refractivity contribution in [1.29, 1.82) is 0 Å². The summed E-state index contributed by atoms with van der Waals surface area (Å²) in [6, 6.07) is 20.5. The number of carbonyl (C=O) groups is 1. The van der Waals surface area contributed by atoms with E-state index < -0.39 is 0 Å². The second-order valence-corrected chi connectivity index (χ2v) is 7.23. The lowest BCUT2D eigenvalue weighted by Gasteiger charge is -2.13. The molecule has 1 saturated heterocycles. The molecule has 0 atom stereocenters. The zero-order valence-electron chi connectivity index (χ0n) is 14.6. The largest absolute Gasteiger partial charge is 0.484 e. The number of carbonyl (C=O) groups excluding carboxylic acids is 1. The van der Waals surface area contributed by atoms with Crippen LogP contribution in [-0.4, -0.2) is 11.0 Å². The molecule has 1 aliphatic rings. The van der Waals surface area contributed by atoms with E-state index in [0.29, 0.717) is 22.3 Å². The Morgan fingerprint density at radius 3 is 2.61 bits per heavy atom. The number of halogens is 1. The quantitative estimate of drug-likeness (QED) is 0.439. The van der Waals surface area contributed by atoms with Crippen molar-refractivity contribution in [2.24, 2.45) is 0 Å². The number of hydrogen-bond acceptors (Lipinski definition) is 4. The molecule has 0 saturated carbocycles. The van der Waals surface area contributed by atoms with E-state index in [1.807, 2.05) is 60.7 Å². The van der Waals surface area contributed by atoms with E-state index in [0.717, 1.165) is 15.9 Å². The van der Waals surface area contributed by atoms with Gasteiger partial charge in [0.25, 0.3) is 5.91 Å². The minimum absolute atomic E-state index is 0.224. The van der Waals surface area contributed by atoms with Crippen molar-refractivity contribution in [3.8, 4) is 5.75 Å². The van der Waals surface area contributed by atoms with E-state index in [9.17, 15) is 4.79 Å². The molecule has 28 heavy (non-hydrogen) atoms. The molecule has 1 aliphatic heterocycles. The van der Waals surface area contributed by atoms with Gasteiger partial charge in [-0.15, -0.1) is 0 Å². The van der Waals surface area contributed by atoms with Gasteiger partial charge in [-0.3, -0.25) is 9.69 Å².